The minimum atomic E-state index is -0.0994. The second-order valence-electron chi connectivity index (χ2n) is 5.18. The van der Waals surface area contributed by atoms with Crippen LogP contribution in [0.1, 0.15) is 38.7 Å². The van der Waals surface area contributed by atoms with Gasteiger partial charge in [-0.25, -0.2) is 4.39 Å². The van der Waals surface area contributed by atoms with Crippen LogP contribution in [0.3, 0.4) is 0 Å². The zero-order valence-electron chi connectivity index (χ0n) is 10.7. The highest BCUT2D eigenvalue weighted by atomic mass is 19.1. The number of nitrogens with one attached hydrogen (secondary N) is 1. The summed E-state index contributed by atoms with van der Waals surface area (Å²) in [4.78, 5) is 0. The number of hydrogen-bond donors (Lipinski definition) is 1. The van der Waals surface area contributed by atoms with Gasteiger partial charge in [-0.3, -0.25) is 0 Å². The number of halogens is 1. The first kappa shape index (κ1) is 12.6. The Balaban J connectivity index is 1.89. The summed E-state index contributed by atoms with van der Waals surface area (Å²) in [6, 6.07) is 7.58. The Bertz CT molecular complexity index is 364. The number of rotatable bonds is 4. The summed E-state index contributed by atoms with van der Waals surface area (Å²) in [5, 5.41) is 3.51. The van der Waals surface area contributed by atoms with Crippen LogP contribution in [-0.4, -0.2) is 6.04 Å². The van der Waals surface area contributed by atoms with Crippen LogP contribution in [0.4, 0.5) is 4.39 Å². The Hall–Kier alpha value is -0.890. The van der Waals surface area contributed by atoms with Crippen molar-refractivity contribution in [2.45, 2.75) is 45.7 Å². The van der Waals surface area contributed by atoms with Gasteiger partial charge >= 0.3 is 0 Å². The van der Waals surface area contributed by atoms with Gasteiger partial charge in [-0.2, -0.15) is 0 Å². The average Bonchev–Trinajstić information content (AvgIpc) is 2.69. The van der Waals surface area contributed by atoms with Crippen LogP contribution in [0.25, 0.3) is 0 Å². The van der Waals surface area contributed by atoms with Gasteiger partial charge in [-0.1, -0.05) is 38.5 Å². The van der Waals surface area contributed by atoms with Gasteiger partial charge < -0.3 is 5.32 Å². The summed E-state index contributed by atoms with van der Waals surface area (Å²) < 4.78 is 13.5. The van der Waals surface area contributed by atoms with E-state index in [2.05, 4.69) is 19.2 Å². The van der Waals surface area contributed by atoms with E-state index in [-0.39, 0.29) is 5.82 Å². The fourth-order valence-corrected chi connectivity index (χ4v) is 2.99. The van der Waals surface area contributed by atoms with Crippen molar-refractivity contribution in [2.24, 2.45) is 11.8 Å². The van der Waals surface area contributed by atoms with Crippen LogP contribution < -0.4 is 5.32 Å². The molecule has 0 heterocycles. The highest BCUT2D eigenvalue weighted by molar-refractivity contribution is 5.17. The molecule has 1 aliphatic carbocycles. The van der Waals surface area contributed by atoms with Crippen LogP contribution in [-0.2, 0) is 6.54 Å². The molecular formula is C15H22FN. The fraction of sp³-hybridized carbons (Fsp3) is 0.600. The van der Waals surface area contributed by atoms with E-state index in [4.69, 9.17) is 0 Å². The van der Waals surface area contributed by atoms with Crippen molar-refractivity contribution < 1.29 is 4.39 Å². The van der Waals surface area contributed by atoms with Gasteiger partial charge in [0.25, 0.3) is 0 Å². The van der Waals surface area contributed by atoms with E-state index in [0.717, 1.165) is 11.5 Å². The molecule has 0 spiro atoms. The molecule has 1 aromatic rings. The highest BCUT2D eigenvalue weighted by Gasteiger charge is 2.30. The molecule has 0 amide bonds. The summed E-state index contributed by atoms with van der Waals surface area (Å²) in [5.41, 5.74) is 0.777. The Morgan fingerprint density at radius 3 is 2.71 bits per heavy atom. The second-order valence-corrected chi connectivity index (χ2v) is 5.18. The van der Waals surface area contributed by atoms with Gasteiger partial charge in [-0.05, 0) is 30.7 Å². The molecule has 1 aliphatic rings. The standard InChI is InChI=1S/C15H22FN/c1-3-12-8-9-15(11(12)2)17-10-13-6-4-5-7-14(13)16/h4-7,11-12,15,17H,3,8-10H2,1-2H3. The first-order chi connectivity index (χ1) is 8.22. The van der Waals surface area contributed by atoms with Crippen LogP contribution in [0, 0.1) is 17.7 Å². The van der Waals surface area contributed by atoms with Crippen LogP contribution in [0.2, 0.25) is 0 Å². The Kier molecular flexibility index (Phi) is 4.16. The Morgan fingerprint density at radius 2 is 2.06 bits per heavy atom. The normalized spacial score (nSPS) is 28.5. The molecule has 0 aromatic heterocycles. The zero-order valence-corrected chi connectivity index (χ0v) is 10.7. The molecule has 1 N–H and O–H groups in total. The quantitative estimate of drug-likeness (QED) is 0.838. The van der Waals surface area contributed by atoms with E-state index in [9.17, 15) is 4.39 Å². The molecule has 3 unspecified atom stereocenters. The predicted molar refractivity (Wildman–Crippen MR) is 69.2 cm³/mol. The summed E-state index contributed by atoms with van der Waals surface area (Å²) in [7, 11) is 0. The van der Waals surface area contributed by atoms with E-state index >= 15 is 0 Å². The monoisotopic (exact) mass is 235 g/mol. The third-order valence-corrected chi connectivity index (χ3v) is 4.26. The van der Waals surface area contributed by atoms with Gasteiger partial charge in [0.15, 0.2) is 0 Å². The molecule has 0 radical (unpaired) electrons. The van der Waals surface area contributed by atoms with Gasteiger partial charge in [0.05, 0.1) is 0 Å². The lowest BCUT2D eigenvalue weighted by Gasteiger charge is -2.21. The van der Waals surface area contributed by atoms with Crippen molar-refractivity contribution in [3.8, 4) is 0 Å². The molecule has 1 nitrogen and oxygen atoms in total. The summed E-state index contributed by atoms with van der Waals surface area (Å²) in [6.45, 7) is 5.23. The first-order valence-corrected chi connectivity index (χ1v) is 6.69. The van der Waals surface area contributed by atoms with Gasteiger partial charge in [0.1, 0.15) is 5.82 Å². The van der Waals surface area contributed by atoms with Crippen molar-refractivity contribution >= 4 is 0 Å². The molecule has 3 atom stereocenters. The lowest BCUT2D eigenvalue weighted by atomic mass is 9.93. The summed E-state index contributed by atoms with van der Waals surface area (Å²) in [5.74, 6) is 1.46. The van der Waals surface area contributed by atoms with E-state index in [0.29, 0.717) is 18.5 Å². The van der Waals surface area contributed by atoms with Gasteiger partial charge in [0, 0.05) is 18.2 Å². The topological polar surface area (TPSA) is 12.0 Å². The SMILES string of the molecule is CCC1CCC(NCc2ccccc2F)C1C. The summed E-state index contributed by atoms with van der Waals surface area (Å²) in [6.07, 6.45) is 3.81. The maximum atomic E-state index is 13.5. The fourth-order valence-electron chi connectivity index (χ4n) is 2.99. The van der Waals surface area contributed by atoms with Crippen molar-refractivity contribution in [3.63, 3.8) is 0 Å². The number of hydrogen-bond acceptors (Lipinski definition) is 1. The lowest BCUT2D eigenvalue weighted by molar-refractivity contribution is 0.343. The third-order valence-electron chi connectivity index (χ3n) is 4.26. The Labute approximate surface area is 103 Å². The maximum absolute atomic E-state index is 13.5. The van der Waals surface area contributed by atoms with Crippen molar-refractivity contribution in [1.29, 1.82) is 0 Å². The van der Waals surface area contributed by atoms with E-state index < -0.39 is 0 Å². The molecule has 1 fully saturated rings. The molecular weight excluding hydrogens is 213 g/mol. The molecule has 1 aromatic carbocycles. The van der Waals surface area contributed by atoms with Gasteiger partial charge in [0.2, 0.25) is 0 Å². The van der Waals surface area contributed by atoms with Gasteiger partial charge in [-0.15, -0.1) is 0 Å². The molecule has 2 heteroatoms. The molecule has 17 heavy (non-hydrogen) atoms. The van der Waals surface area contributed by atoms with Crippen molar-refractivity contribution in [1.82, 2.24) is 5.32 Å². The minimum Gasteiger partial charge on any atom is -0.310 e. The second kappa shape index (κ2) is 5.63. The van der Waals surface area contributed by atoms with E-state index in [1.54, 1.807) is 6.07 Å². The maximum Gasteiger partial charge on any atom is 0.127 e. The Morgan fingerprint density at radius 1 is 1.29 bits per heavy atom. The first-order valence-electron chi connectivity index (χ1n) is 6.69. The van der Waals surface area contributed by atoms with Crippen molar-refractivity contribution in [3.05, 3.63) is 35.6 Å². The molecule has 0 saturated heterocycles. The van der Waals surface area contributed by atoms with Crippen LogP contribution >= 0.6 is 0 Å². The summed E-state index contributed by atoms with van der Waals surface area (Å²) >= 11 is 0. The molecule has 0 aliphatic heterocycles. The van der Waals surface area contributed by atoms with Crippen LogP contribution in [0.5, 0.6) is 0 Å². The van der Waals surface area contributed by atoms with E-state index in [1.807, 2.05) is 12.1 Å². The van der Waals surface area contributed by atoms with E-state index in [1.165, 1.54) is 25.3 Å². The zero-order chi connectivity index (χ0) is 12.3. The molecule has 2 rings (SSSR count). The third kappa shape index (κ3) is 2.86. The molecule has 1 saturated carbocycles. The average molecular weight is 235 g/mol. The van der Waals surface area contributed by atoms with Crippen molar-refractivity contribution in [2.75, 3.05) is 0 Å². The molecule has 94 valence electrons. The van der Waals surface area contributed by atoms with Crippen LogP contribution in [0.15, 0.2) is 24.3 Å². The predicted octanol–water partition coefficient (Wildman–Crippen LogP) is 3.74. The lowest BCUT2D eigenvalue weighted by Crippen LogP contribution is -2.32. The minimum absolute atomic E-state index is 0.0994. The number of benzene rings is 1. The highest BCUT2D eigenvalue weighted by Crippen LogP contribution is 2.33. The largest absolute Gasteiger partial charge is 0.310 e. The molecule has 0 bridgehead atoms. The smallest absolute Gasteiger partial charge is 0.127 e.